The zero-order valence-corrected chi connectivity index (χ0v) is 10.9. The molecule has 0 radical (unpaired) electrons. The standard InChI is InChI=1S/C15H14FN3O/c1-9-4-5-18-12(6-9)15(19-17)14-8-10-7-11(16)2-3-13(10)20-14/h2-8,15,19H,17H2,1H3. The Balaban J connectivity index is 2.07. The molecule has 20 heavy (non-hydrogen) atoms. The van der Waals surface area contributed by atoms with Crippen molar-refractivity contribution >= 4 is 11.0 Å². The van der Waals surface area contributed by atoms with Crippen LogP contribution in [0.2, 0.25) is 0 Å². The molecule has 0 saturated heterocycles. The fourth-order valence-corrected chi connectivity index (χ4v) is 2.21. The summed E-state index contributed by atoms with van der Waals surface area (Å²) in [6.45, 7) is 1.98. The number of nitrogens with one attached hydrogen (secondary N) is 1. The molecular weight excluding hydrogens is 257 g/mol. The first-order valence-electron chi connectivity index (χ1n) is 6.25. The summed E-state index contributed by atoms with van der Waals surface area (Å²) in [4.78, 5) is 4.30. The lowest BCUT2D eigenvalue weighted by Gasteiger charge is -2.12. The van der Waals surface area contributed by atoms with Crippen molar-refractivity contribution in [3.8, 4) is 0 Å². The van der Waals surface area contributed by atoms with Gasteiger partial charge in [0.15, 0.2) is 0 Å². The third-order valence-corrected chi connectivity index (χ3v) is 3.18. The maximum Gasteiger partial charge on any atom is 0.134 e. The average Bonchev–Trinajstić information content (AvgIpc) is 2.82. The fraction of sp³-hybridized carbons (Fsp3) is 0.133. The van der Waals surface area contributed by atoms with Crippen LogP contribution in [0.4, 0.5) is 4.39 Å². The van der Waals surface area contributed by atoms with Crippen LogP contribution in [0.1, 0.15) is 23.1 Å². The molecule has 4 nitrogen and oxygen atoms in total. The maximum absolute atomic E-state index is 13.2. The maximum atomic E-state index is 13.2. The van der Waals surface area contributed by atoms with Crippen LogP contribution in [0, 0.1) is 12.7 Å². The minimum Gasteiger partial charge on any atom is -0.459 e. The van der Waals surface area contributed by atoms with Gasteiger partial charge in [-0.1, -0.05) is 0 Å². The number of pyridine rings is 1. The van der Waals surface area contributed by atoms with Gasteiger partial charge in [-0.3, -0.25) is 10.8 Å². The molecule has 0 aliphatic heterocycles. The normalized spacial score (nSPS) is 12.8. The van der Waals surface area contributed by atoms with Crippen molar-refractivity contribution in [1.82, 2.24) is 10.4 Å². The van der Waals surface area contributed by atoms with Crippen LogP contribution < -0.4 is 11.3 Å². The van der Waals surface area contributed by atoms with Gasteiger partial charge < -0.3 is 4.42 Å². The van der Waals surface area contributed by atoms with E-state index in [0.717, 1.165) is 11.3 Å². The van der Waals surface area contributed by atoms with Gasteiger partial charge in [0.25, 0.3) is 0 Å². The van der Waals surface area contributed by atoms with E-state index in [1.165, 1.54) is 12.1 Å². The Bertz CT molecular complexity index is 754. The number of nitrogens with zero attached hydrogens (tertiary/aromatic N) is 1. The summed E-state index contributed by atoms with van der Waals surface area (Å²) < 4.78 is 18.9. The highest BCUT2D eigenvalue weighted by molar-refractivity contribution is 5.78. The molecule has 0 aliphatic carbocycles. The minimum absolute atomic E-state index is 0.296. The highest BCUT2D eigenvalue weighted by atomic mass is 19.1. The molecule has 102 valence electrons. The Morgan fingerprint density at radius 1 is 1.25 bits per heavy atom. The van der Waals surface area contributed by atoms with Crippen molar-refractivity contribution in [2.45, 2.75) is 13.0 Å². The highest BCUT2D eigenvalue weighted by Gasteiger charge is 2.18. The van der Waals surface area contributed by atoms with Crippen molar-refractivity contribution in [1.29, 1.82) is 0 Å². The summed E-state index contributed by atoms with van der Waals surface area (Å²) >= 11 is 0. The van der Waals surface area contributed by atoms with Gasteiger partial charge in [0.05, 0.1) is 5.69 Å². The molecule has 3 rings (SSSR count). The van der Waals surface area contributed by atoms with Crippen LogP contribution in [0.5, 0.6) is 0 Å². The lowest BCUT2D eigenvalue weighted by Crippen LogP contribution is -2.29. The smallest absolute Gasteiger partial charge is 0.134 e. The average molecular weight is 271 g/mol. The van der Waals surface area contributed by atoms with Crippen molar-refractivity contribution < 1.29 is 8.81 Å². The summed E-state index contributed by atoms with van der Waals surface area (Å²) in [7, 11) is 0. The van der Waals surface area contributed by atoms with E-state index < -0.39 is 0 Å². The second kappa shape index (κ2) is 5.03. The van der Waals surface area contributed by atoms with Gasteiger partial charge in [-0.05, 0) is 48.9 Å². The summed E-state index contributed by atoms with van der Waals surface area (Å²) in [6.07, 6.45) is 1.72. The molecule has 3 aromatic rings. The third kappa shape index (κ3) is 2.29. The molecule has 2 heterocycles. The molecule has 0 aliphatic rings. The van der Waals surface area contributed by atoms with Gasteiger partial charge in [-0.2, -0.15) is 0 Å². The number of halogens is 1. The van der Waals surface area contributed by atoms with Gasteiger partial charge in [0.1, 0.15) is 23.2 Å². The fourth-order valence-electron chi connectivity index (χ4n) is 2.21. The molecule has 3 N–H and O–H groups in total. The van der Waals surface area contributed by atoms with Crippen LogP contribution in [0.15, 0.2) is 47.0 Å². The molecule has 5 heteroatoms. The summed E-state index contributed by atoms with van der Waals surface area (Å²) in [5, 5.41) is 0.702. The number of fused-ring (bicyclic) bond motifs is 1. The van der Waals surface area contributed by atoms with Crippen molar-refractivity contribution in [2.75, 3.05) is 0 Å². The van der Waals surface area contributed by atoms with E-state index in [1.54, 1.807) is 18.3 Å². The van der Waals surface area contributed by atoms with E-state index in [9.17, 15) is 4.39 Å². The van der Waals surface area contributed by atoms with Crippen molar-refractivity contribution in [3.05, 3.63) is 65.4 Å². The Kier molecular flexibility index (Phi) is 3.22. The number of hydrogen-bond acceptors (Lipinski definition) is 4. The number of hydrazine groups is 1. The van der Waals surface area contributed by atoms with E-state index in [2.05, 4.69) is 10.4 Å². The SMILES string of the molecule is Cc1ccnc(C(NN)c2cc3cc(F)ccc3o2)c1. The van der Waals surface area contributed by atoms with E-state index in [4.69, 9.17) is 10.3 Å². The van der Waals surface area contributed by atoms with Gasteiger partial charge in [-0.15, -0.1) is 0 Å². The molecule has 0 spiro atoms. The van der Waals surface area contributed by atoms with E-state index in [0.29, 0.717) is 16.7 Å². The Labute approximate surface area is 115 Å². The number of hydrogen-bond donors (Lipinski definition) is 2. The minimum atomic E-state index is -0.370. The van der Waals surface area contributed by atoms with Gasteiger partial charge in [0, 0.05) is 11.6 Å². The number of rotatable bonds is 3. The van der Waals surface area contributed by atoms with Crippen molar-refractivity contribution in [2.24, 2.45) is 5.84 Å². The van der Waals surface area contributed by atoms with Gasteiger partial charge in [-0.25, -0.2) is 9.82 Å². The van der Waals surface area contributed by atoms with Crippen LogP contribution in [0.25, 0.3) is 11.0 Å². The van der Waals surface area contributed by atoms with Gasteiger partial charge >= 0.3 is 0 Å². The highest BCUT2D eigenvalue weighted by Crippen LogP contribution is 2.27. The van der Waals surface area contributed by atoms with Crippen LogP contribution in [0.3, 0.4) is 0 Å². The van der Waals surface area contributed by atoms with Crippen LogP contribution >= 0.6 is 0 Å². The molecule has 0 amide bonds. The lowest BCUT2D eigenvalue weighted by atomic mass is 10.1. The second-order valence-corrected chi connectivity index (χ2v) is 4.69. The number of furan rings is 1. The van der Waals surface area contributed by atoms with E-state index in [1.807, 2.05) is 19.1 Å². The summed E-state index contributed by atoms with van der Waals surface area (Å²) in [5.41, 5.74) is 5.14. The van der Waals surface area contributed by atoms with Crippen molar-refractivity contribution in [3.63, 3.8) is 0 Å². The molecule has 0 saturated carbocycles. The molecule has 0 bridgehead atoms. The monoisotopic (exact) mass is 271 g/mol. The zero-order valence-electron chi connectivity index (χ0n) is 10.9. The molecular formula is C15H14FN3O. The Hall–Kier alpha value is -2.24. The van der Waals surface area contributed by atoms with Gasteiger partial charge in [0.2, 0.25) is 0 Å². The largest absolute Gasteiger partial charge is 0.459 e. The van der Waals surface area contributed by atoms with Crippen LogP contribution in [-0.4, -0.2) is 4.98 Å². The zero-order chi connectivity index (χ0) is 14.1. The van der Waals surface area contributed by atoms with E-state index >= 15 is 0 Å². The first-order chi connectivity index (χ1) is 9.67. The predicted molar refractivity (Wildman–Crippen MR) is 74.3 cm³/mol. The molecule has 1 unspecified atom stereocenters. The predicted octanol–water partition coefficient (Wildman–Crippen LogP) is 2.83. The molecule has 1 aromatic carbocycles. The topological polar surface area (TPSA) is 64.1 Å². The third-order valence-electron chi connectivity index (χ3n) is 3.18. The second-order valence-electron chi connectivity index (χ2n) is 4.69. The Morgan fingerprint density at radius 2 is 2.10 bits per heavy atom. The Morgan fingerprint density at radius 3 is 2.85 bits per heavy atom. The first-order valence-corrected chi connectivity index (χ1v) is 6.25. The summed E-state index contributed by atoms with van der Waals surface area (Å²) in [6, 6.07) is 9.64. The quantitative estimate of drug-likeness (QED) is 0.568. The summed E-state index contributed by atoms with van der Waals surface area (Å²) in [5.74, 6) is 5.92. The van der Waals surface area contributed by atoms with E-state index in [-0.39, 0.29) is 11.9 Å². The lowest BCUT2D eigenvalue weighted by molar-refractivity contribution is 0.471. The number of aromatic nitrogens is 1. The number of benzene rings is 1. The molecule has 2 aromatic heterocycles. The molecule has 1 atom stereocenters. The number of aryl methyl sites for hydroxylation is 1. The first kappa shape index (κ1) is 12.8. The number of nitrogens with two attached hydrogens (primary N) is 1. The molecule has 0 fully saturated rings. The van der Waals surface area contributed by atoms with Crippen LogP contribution in [-0.2, 0) is 0 Å².